The van der Waals surface area contributed by atoms with Crippen LogP contribution < -0.4 is 0 Å². The molecule has 0 saturated heterocycles. The van der Waals surface area contributed by atoms with E-state index in [0.717, 1.165) is 16.6 Å². The highest BCUT2D eigenvalue weighted by Gasteiger charge is 2.15. The minimum Gasteiger partial charge on any atom is -0.251 e. The third kappa shape index (κ3) is 1.95. The van der Waals surface area contributed by atoms with Crippen LogP contribution in [0.2, 0.25) is 15.1 Å². The van der Waals surface area contributed by atoms with Gasteiger partial charge in [0.05, 0.1) is 31.8 Å². The second kappa shape index (κ2) is 4.48. The molecule has 0 fully saturated rings. The number of aryl methyl sites for hydroxylation is 2. The molecule has 0 N–H and O–H groups in total. The highest BCUT2D eigenvalue weighted by Crippen LogP contribution is 2.39. The zero-order valence-corrected chi connectivity index (χ0v) is 12.5. The van der Waals surface area contributed by atoms with Gasteiger partial charge in [-0.15, -0.1) is 0 Å². The predicted molar refractivity (Wildman–Crippen MR) is 81.5 cm³/mol. The minimum atomic E-state index is 0.430. The van der Waals surface area contributed by atoms with Gasteiger partial charge in [-0.1, -0.05) is 40.9 Å². The van der Waals surface area contributed by atoms with Crippen molar-refractivity contribution in [1.29, 1.82) is 0 Å². The van der Waals surface area contributed by atoms with Gasteiger partial charge in [0, 0.05) is 16.5 Å². The Morgan fingerprint density at radius 1 is 0.895 bits per heavy atom. The van der Waals surface area contributed by atoms with E-state index in [1.54, 1.807) is 0 Å². The Morgan fingerprint density at radius 3 is 2.37 bits per heavy atom. The monoisotopic (exact) mass is 310 g/mol. The maximum Gasteiger partial charge on any atom is 0.0999 e. The van der Waals surface area contributed by atoms with Gasteiger partial charge < -0.3 is 0 Å². The highest BCUT2D eigenvalue weighted by atomic mass is 35.5. The number of halogens is 3. The summed E-state index contributed by atoms with van der Waals surface area (Å²) >= 11 is 18.7. The maximum atomic E-state index is 6.29. The first kappa shape index (κ1) is 12.9. The van der Waals surface area contributed by atoms with Crippen LogP contribution in [0, 0.1) is 13.8 Å². The van der Waals surface area contributed by atoms with Gasteiger partial charge in [0.2, 0.25) is 0 Å². The van der Waals surface area contributed by atoms with Gasteiger partial charge in [-0.2, -0.15) is 0 Å². The summed E-state index contributed by atoms with van der Waals surface area (Å²) in [4.78, 5) is 9.04. The molecule has 0 bridgehead atoms. The lowest BCUT2D eigenvalue weighted by Gasteiger charge is -2.10. The summed E-state index contributed by atoms with van der Waals surface area (Å²) < 4.78 is 0. The van der Waals surface area contributed by atoms with E-state index in [2.05, 4.69) is 9.97 Å². The molecule has 96 valence electrons. The molecule has 1 aromatic carbocycles. The molecule has 3 aromatic rings. The van der Waals surface area contributed by atoms with Crippen LogP contribution in [-0.4, -0.2) is 9.97 Å². The van der Waals surface area contributed by atoms with Crippen molar-refractivity contribution in [2.75, 3.05) is 0 Å². The van der Waals surface area contributed by atoms with E-state index in [0.29, 0.717) is 31.7 Å². The lowest BCUT2D eigenvalue weighted by molar-refractivity contribution is 1.23. The van der Waals surface area contributed by atoms with Crippen molar-refractivity contribution in [3.8, 4) is 0 Å². The highest BCUT2D eigenvalue weighted by molar-refractivity contribution is 6.49. The molecule has 0 aliphatic heterocycles. The second-order valence-electron chi connectivity index (χ2n) is 4.43. The fourth-order valence-electron chi connectivity index (χ4n) is 2.12. The summed E-state index contributed by atoms with van der Waals surface area (Å²) in [5.41, 5.74) is 3.08. The van der Waals surface area contributed by atoms with Gasteiger partial charge in [-0.3, -0.25) is 4.98 Å². The summed E-state index contributed by atoms with van der Waals surface area (Å²) in [7, 11) is 0. The Balaban J connectivity index is 2.64. The molecular weight excluding hydrogens is 303 g/mol. The fourth-order valence-corrected chi connectivity index (χ4v) is 2.93. The van der Waals surface area contributed by atoms with E-state index in [9.17, 15) is 0 Å². The molecule has 5 heteroatoms. The van der Waals surface area contributed by atoms with Crippen molar-refractivity contribution in [2.24, 2.45) is 0 Å². The van der Waals surface area contributed by atoms with E-state index in [1.807, 2.05) is 32.0 Å². The van der Waals surface area contributed by atoms with Gasteiger partial charge >= 0.3 is 0 Å². The van der Waals surface area contributed by atoms with E-state index >= 15 is 0 Å². The Bertz CT molecular complexity index is 828. The standard InChI is InChI=1S/C14H9Cl3N2/c1-6-3-4-8-5-9(15)10-12(17)11(16)7(2)19-14(10)13(8)18-6/h3-5H,1-2H3. The van der Waals surface area contributed by atoms with Crippen LogP contribution in [0.4, 0.5) is 0 Å². The average molecular weight is 312 g/mol. The Labute approximate surface area is 125 Å². The Hall–Kier alpha value is -1.09. The summed E-state index contributed by atoms with van der Waals surface area (Å²) in [5.74, 6) is 0. The Morgan fingerprint density at radius 2 is 1.63 bits per heavy atom. The number of aromatic nitrogens is 2. The number of nitrogens with zero attached hydrogens (tertiary/aromatic N) is 2. The molecule has 2 nitrogen and oxygen atoms in total. The molecular formula is C14H9Cl3N2. The molecule has 0 aliphatic rings. The summed E-state index contributed by atoms with van der Waals surface area (Å²) in [6.45, 7) is 3.75. The molecule has 0 saturated carbocycles. The number of benzene rings is 1. The maximum absolute atomic E-state index is 6.29. The van der Waals surface area contributed by atoms with E-state index in [4.69, 9.17) is 34.8 Å². The molecule has 0 spiro atoms. The van der Waals surface area contributed by atoms with E-state index in [1.165, 1.54) is 0 Å². The lowest BCUT2D eigenvalue weighted by Crippen LogP contribution is -1.93. The first-order valence-corrected chi connectivity index (χ1v) is 6.83. The van der Waals surface area contributed by atoms with Crippen molar-refractivity contribution < 1.29 is 0 Å². The van der Waals surface area contributed by atoms with Crippen molar-refractivity contribution >= 4 is 56.6 Å². The molecule has 3 rings (SSSR count). The molecule has 2 aromatic heterocycles. The Kier molecular flexibility index (Phi) is 3.05. The van der Waals surface area contributed by atoms with Gasteiger partial charge in [-0.25, -0.2) is 4.98 Å². The molecule has 0 aliphatic carbocycles. The number of rotatable bonds is 0. The van der Waals surface area contributed by atoms with Crippen LogP contribution in [0.15, 0.2) is 18.2 Å². The number of fused-ring (bicyclic) bond motifs is 3. The number of hydrogen-bond acceptors (Lipinski definition) is 2. The first-order chi connectivity index (χ1) is 8.99. The van der Waals surface area contributed by atoms with Crippen LogP contribution in [-0.2, 0) is 0 Å². The molecule has 0 unspecified atom stereocenters. The predicted octanol–water partition coefficient (Wildman–Crippen LogP) is 5.36. The van der Waals surface area contributed by atoms with Gasteiger partial charge in [0.15, 0.2) is 0 Å². The van der Waals surface area contributed by atoms with Crippen molar-refractivity contribution in [3.63, 3.8) is 0 Å². The van der Waals surface area contributed by atoms with Crippen LogP contribution >= 0.6 is 34.8 Å². The topological polar surface area (TPSA) is 25.8 Å². The smallest absolute Gasteiger partial charge is 0.0999 e. The SMILES string of the molecule is Cc1ccc2cc(Cl)c3c(Cl)c(Cl)c(C)nc3c2n1. The summed E-state index contributed by atoms with van der Waals surface area (Å²) in [6, 6.07) is 5.75. The van der Waals surface area contributed by atoms with Gasteiger partial charge in [0.1, 0.15) is 0 Å². The van der Waals surface area contributed by atoms with Crippen molar-refractivity contribution in [1.82, 2.24) is 9.97 Å². The van der Waals surface area contributed by atoms with Crippen LogP contribution in [0.5, 0.6) is 0 Å². The van der Waals surface area contributed by atoms with Gasteiger partial charge in [0.25, 0.3) is 0 Å². The third-order valence-corrected chi connectivity index (χ3v) is 4.29. The largest absolute Gasteiger partial charge is 0.251 e. The average Bonchev–Trinajstić information content (AvgIpc) is 2.36. The van der Waals surface area contributed by atoms with Crippen LogP contribution in [0.1, 0.15) is 11.4 Å². The molecule has 19 heavy (non-hydrogen) atoms. The first-order valence-electron chi connectivity index (χ1n) is 5.70. The quantitative estimate of drug-likeness (QED) is 0.522. The third-order valence-electron chi connectivity index (χ3n) is 3.06. The zero-order chi connectivity index (χ0) is 13.7. The van der Waals surface area contributed by atoms with E-state index in [-0.39, 0.29) is 0 Å². The fraction of sp³-hybridized carbons (Fsp3) is 0.143. The van der Waals surface area contributed by atoms with Crippen molar-refractivity contribution in [2.45, 2.75) is 13.8 Å². The van der Waals surface area contributed by atoms with Gasteiger partial charge in [-0.05, 0) is 26.0 Å². The van der Waals surface area contributed by atoms with Crippen LogP contribution in [0.25, 0.3) is 21.8 Å². The number of hydrogen-bond donors (Lipinski definition) is 0. The summed E-state index contributed by atoms with van der Waals surface area (Å²) in [5, 5.41) is 2.99. The number of pyridine rings is 2. The van der Waals surface area contributed by atoms with E-state index < -0.39 is 0 Å². The second-order valence-corrected chi connectivity index (χ2v) is 5.59. The van der Waals surface area contributed by atoms with Crippen LogP contribution in [0.3, 0.4) is 0 Å². The molecule has 2 heterocycles. The van der Waals surface area contributed by atoms with Crippen molar-refractivity contribution in [3.05, 3.63) is 44.7 Å². The molecule has 0 radical (unpaired) electrons. The lowest BCUT2D eigenvalue weighted by atomic mass is 10.1. The summed E-state index contributed by atoms with van der Waals surface area (Å²) in [6.07, 6.45) is 0. The normalized spacial score (nSPS) is 11.4. The minimum absolute atomic E-state index is 0.430. The zero-order valence-electron chi connectivity index (χ0n) is 10.3. The molecule has 0 atom stereocenters. The molecule has 0 amide bonds.